The molecule has 0 saturated heterocycles. The monoisotopic (exact) mass is 776 g/mol. The molecule has 0 aromatic carbocycles. The van der Waals surface area contributed by atoms with Crippen molar-refractivity contribution < 1.29 is 20.1 Å². The molecule has 1 amide bonds. The number of aliphatic hydroxyl groups is 3. The van der Waals surface area contributed by atoms with Crippen molar-refractivity contribution in [3.05, 3.63) is 24.3 Å². The highest BCUT2D eigenvalue weighted by Crippen LogP contribution is 2.17. The predicted octanol–water partition coefficient (Wildman–Crippen LogP) is 14.6. The van der Waals surface area contributed by atoms with E-state index >= 15 is 0 Å². The van der Waals surface area contributed by atoms with Gasteiger partial charge in [-0.1, -0.05) is 237 Å². The Hall–Kier alpha value is -1.17. The first-order valence-electron chi connectivity index (χ1n) is 24.6. The zero-order chi connectivity index (χ0) is 40.1. The van der Waals surface area contributed by atoms with Crippen LogP contribution in [0.2, 0.25) is 0 Å². The van der Waals surface area contributed by atoms with E-state index in [-0.39, 0.29) is 12.5 Å². The molecule has 0 bridgehead atoms. The van der Waals surface area contributed by atoms with Gasteiger partial charge in [0.25, 0.3) is 0 Å². The maximum Gasteiger partial charge on any atom is 0.220 e. The summed E-state index contributed by atoms with van der Waals surface area (Å²) in [7, 11) is 0. The van der Waals surface area contributed by atoms with E-state index in [9.17, 15) is 20.1 Å². The molecule has 326 valence electrons. The second kappa shape index (κ2) is 45.5. The second-order valence-corrected chi connectivity index (χ2v) is 17.0. The highest BCUT2D eigenvalue weighted by molar-refractivity contribution is 5.76. The fourth-order valence-electron chi connectivity index (χ4n) is 7.72. The topological polar surface area (TPSA) is 89.8 Å². The van der Waals surface area contributed by atoms with E-state index in [2.05, 4.69) is 43.5 Å². The van der Waals surface area contributed by atoms with Gasteiger partial charge in [-0.3, -0.25) is 4.79 Å². The Labute approximate surface area is 343 Å². The minimum absolute atomic E-state index is 0.146. The smallest absolute Gasteiger partial charge is 0.220 e. The minimum Gasteiger partial charge on any atom is -0.394 e. The fraction of sp³-hybridized carbons (Fsp3) is 0.900. The van der Waals surface area contributed by atoms with Crippen LogP contribution in [-0.4, -0.2) is 46.1 Å². The Morgan fingerprint density at radius 2 is 0.782 bits per heavy atom. The number of allylic oxidation sites excluding steroid dienone is 4. The lowest BCUT2D eigenvalue weighted by Crippen LogP contribution is -2.50. The Kier molecular flexibility index (Phi) is 44.6. The molecule has 0 aromatic heterocycles. The molecule has 0 heterocycles. The van der Waals surface area contributed by atoms with Gasteiger partial charge in [0.1, 0.15) is 6.10 Å². The van der Waals surface area contributed by atoms with Crippen LogP contribution in [0, 0.1) is 0 Å². The molecule has 3 atom stereocenters. The average molecular weight is 776 g/mol. The first-order valence-corrected chi connectivity index (χ1v) is 24.6. The average Bonchev–Trinajstić information content (AvgIpc) is 3.19. The van der Waals surface area contributed by atoms with Gasteiger partial charge < -0.3 is 20.6 Å². The van der Waals surface area contributed by atoms with Crippen molar-refractivity contribution in [2.75, 3.05) is 6.61 Å². The van der Waals surface area contributed by atoms with Crippen LogP contribution < -0.4 is 5.32 Å². The predicted molar refractivity (Wildman–Crippen MR) is 241 cm³/mol. The molecular formula is C50H97NO4. The maximum atomic E-state index is 12.5. The largest absolute Gasteiger partial charge is 0.394 e. The Morgan fingerprint density at radius 1 is 0.455 bits per heavy atom. The minimum atomic E-state index is -1.14. The molecular weight excluding hydrogens is 679 g/mol. The van der Waals surface area contributed by atoms with Crippen molar-refractivity contribution in [3.63, 3.8) is 0 Å². The number of nitrogens with one attached hydrogen (secondary N) is 1. The third-order valence-electron chi connectivity index (χ3n) is 11.6. The van der Waals surface area contributed by atoms with Crippen molar-refractivity contribution in [2.24, 2.45) is 0 Å². The Morgan fingerprint density at radius 3 is 1.15 bits per heavy atom. The van der Waals surface area contributed by atoms with Crippen molar-refractivity contribution >= 4 is 5.91 Å². The van der Waals surface area contributed by atoms with Crippen molar-refractivity contribution in [2.45, 2.75) is 283 Å². The number of carbonyl (C=O) groups is 1. The fourth-order valence-corrected chi connectivity index (χ4v) is 7.72. The molecule has 0 spiro atoms. The molecule has 0 radical (unpaired) electrons. The summed E-state index contributed by atoms with van der Waals surface area (Å²) in [6, 6.07) is -0.810. The number of amides is 1. The van der Waals surface area contributed by atoms with E-state index < -0.39 is 18.2 Å². The molecule has 0 aliphatic carbocycles. The van der Waals surface area contributed by atoms with E-state index in [0.717, 1.165) is 44.9 Å². The molecule has 0 aliphatic heterocycles. The highest BCUT2D eigenvalue weighted by Gasteiger charge is 2.26. The van der Waals surface area contributed by atoms with Crippen LogP contribution in [-0.2, 0) is 4.79 Å². The zero-order valence-electron chi connectivity index (χ0n) is 37.1. The normalized spacial score (nSPS) is 13.6. The Balaban J connectivity index is 3.59. The van der Waals surface area contributed by atoms with Gasteiger partial charge in [0.15, 0.2) is 0 Å². The van der Waals surface area contributed by atoms with Gasteiger partial charge in [-0.05, 0) is 44.9 Å². The van der Waals surface area contributed by atoms with E-state index in [1.807, 2.05) is 0 Å². The van der Waals surface area contributed by atoms with Gasteiger partial charge in [-0.15, -0.1) is 0 Å². The van der Waals surface area contributed by atoms with Gasteiger partial charge in [-0.25, -0.2) is 0 Å². The summed E-state index contributed by atoms with van der Waals surface area (Å²) in [5, 5.41) is 33.6. The van der Waals surface area contributed by atoms with E-state index in [1.165, 1.54) is 193 Å². The van der Waals surface area contributed by atoms with E-state index in [1.54, 1.807) is 0 Å². The van der Waals surface area contributed by atoms with Crippen LogP contribution in [0.3, 0.4) is 0 Å². The summed E-state index contributed by atoms with van der Waals surface area (Å²) in [5.41, 5.74) is 0. The van der Waals surface area contributed by atoms with Crippen LogP contribution in [0.15, 0.2) is 24.3 Å². The lowest BCUT2D eigenvalue weighted by molar-refractivity contribution is -0.124. The van der Waals surface area contributed by atoms with Gasteiger partial charge in [0.2, 0.25) is 5.91 Å². The molecule has 5 nitrogen and oxygen atoms in total. The molecule has 0 aliphatic rings. The molecule has 0 saturated carbocycles. The third kappa shape index (κ3) is 40.8. The summed E-state index contributed by atoms with van der Waals surface area (Å²) >= 11 is 0. The standard InChI is InChI=1S/C50H97NO4/c1-3-5-7-9-11-13-15-17-19-21-22-23-24-25-26-27-28-29-31-33-35-37-39-41-43-45-49(54)51-47(46-52)50(55)48(53)44-42-40-38-36-34-32-30-20-18-16-14-12-10-8-6-4-2/h22-23,25-26,47-48,50,52-53,55H,3-21,24,27-46H2,1-2H3,(H,51,54)/b23-22-,26-25-. The SMILES string of the molecule is CCCCCCCCCCC/C=C\C/C=C\CCCCCCCCCCCC(=O)NC(CO)C(O)C(O)CCCCCCCCCCCCCCCCCC. The van der Waals surface area contributed by atoms with Gasteiger partial charge >= 0.3 is 0 Å². The summed E-state index contributed by atoms with van der Waals surface area (Å²) in [6.07, 6.45) is 55.8. The van der Waals surface area contributed by atoms with Crippen molar-refractivity contribution in [3.8, 4) is 0 Å². The number of unbranched alkanes of at least 4 members (excludes halogenated alkanes) is 33. The molecule has 4 N–H and O–H groups in total. The molecule has 3 unspecified atom stereocenters. The van der Waals surface area contributed by atoms with Gasteiger partial charge in [0, 0.05) is 6.42 Å². The Bertz CT molecular complexity index is 814. The summed E-state index contributed by atoms with van der Waals surface area (Å²) in [6.45, 7) is 4.19. The summed E-state index contributed by atoms with van der Waals surface area (Å²) < 4.78 is 0. The molecule has 0 rings (SSSR count). The van der Waals surface area contributed by atoms with Crippen LogP contribution in [0.25, 0.3) is 0 Å². The van der Waals surface area contributed by atoms with Crippen molar-refractivity contribution in [1.29, 1.82) is 0 Å². The second-order valence-electron chi connectivity index (χ2n) is 17.0. The zero-order valence-corrected chi connectivity index (χ0v) is 37.1. The number of hydrogen-bond donors (Lipinski definition) is 4. The lowest BCUT2D eigenvalue weighted by atomic mass is 9.99. The lowest BCUT2D eigenvalue weighted by Gasteiger charge is -2.26. The molecule has 55 heavy (non-hydrogen) atoms. The van der Waals surface area contributed by atoms with E-state index in [4.69, 9.17) is 0 Å². The number of rotatable bonds is 45. The van der Waals surface area contributed by atoms with Crippen LogP contribution in [0.1, 0.15) is 264 Å². The molecule has 0 aromatic rings. The number of carbonyl (C=O) groups excluding carboxylic acids is 1. The summed E-state index contributed by atoms with van der Waals surface area (Å²) in [5.74, 6) is -0.146. The van der Waals surface area contributed by atoms with Crippen molar-refractivity contribution in [1.82, 2.24) is 5.32 Å². The molecule has 0 fully saturated rings. The number of hydrogen-bond acceptors (Lipinski definition) is 4. The first kappa shape index (κ1) is 53.8. The third-order valence-corrected chi connectivity index (χ3v) is 11.6. The van der Waals surface area contributed by atoms with Gasteiger partial charge in [-0.2, -0.15) is 0 Å². The highest BCUT2D eigenvalue weighted by atomic mass is 16.3. The quantitative estimate of drug-likeness (QED) is 0.0366. The number of aliphatic hydroxyl groups excluding tert-OH is 3. The van der Waals surface area contributed by atoms with Crippen LogP contribution in [0.5, 0.6) is 0 Å². The summed E-state index contributed by atoms with van der Waals surface area (Å²) in [4.78, 5) is 12.5. The van der Waals surface area contributed by atoms with Crippen LogP contribution >= 0.6 is 0 Å². The van der Waals surface area contributed by atoms with E-state index in [0.29, 0.717) is 12.8 Å². The molecule has 5 heteroatoms. The van der Waals surface area contributed by atoms with Crippen LogP contribution in [0.4, 0.5) is 0 Å². The maximum absolute atomic E-state index is 12.5. The van der Waals surface area contributed by atoms with Gasteiger partial charge in [0.05, 0.1) is 18.8 Å². The first-order chi connectivity index (χ1) is 27.1.